The predicted molar refractivity (Wildman–Crippen MR) is 99.8 cm³/mol. The van der Waals surface area contributed by atoms with Gasteiger partial charge in [-0.15, -0.1) is 0 Å². The fraction of sp³-hybridized carbons (Fsp3) is 0.167. The normalized spacial score (nSPS) is 13.0. The molecule has 106 valence electrons. The number of nitrogens with zero attached hydrogens (tertiary/aromatic N) is 6. The zero-order valence-electron chi connectivity index (χ0n) is 10.6. The molecule has 0 aromatic carbocycles. The molecule has 3 heterocycles. The molecule has 0 aliphatic heterocycles. The summed E-state index contributed by atoms with van der Waals surface area (Å²) in [6.45, 7) is 0. The van der Waals surface area contributed by atoms with Gasteiger partial charge in [-0.05, 0) is 28.1 Å². The van der Waals surface area contributed by atoms with E-state index in [-0.39, 0.29) is 4.05 Å². The Hall–Kier alpha value is -0.790. The molecule has 0 aliphatic rings. The quantitative estimate of drug-likeness (QED) is 0.296. The van der Waals surface area contributed by atoms with E-state index in [1.165, 1.54) is 0 Å². The zero-order chi connectivity index (χ0) is 14.8. The van der Waals surface area contributed by atoms with E-state index in [0.717, 1.165) is 22.3 Å². The summed E-state index contributed by atoms with van der Waals surface area (Å²) in [7, 11) is 0. The zero-order valence-corrected chi connectivity index (χ0v) is 15.9. The van der Waals surface area contributed by atoms with Crippen molar-refractivity contribution in [3.8, 4) is 17.3 Å². The second-order valence-electron chi connectivity index (χ2n) is 4.24. The number of alkyl halides is 1. The van der Waals surface area contributed by atoms with Crippen molar-refractivity contribution in [2.45, 2.75) is 10.5 Å². The predicted octanol–water partition coefficient (Wildman–Crippen LogP) is 3.93. The maximum atomic E-state index is 8.77. The van der Waals surface area contributed by atoms with Crippen LogP contribution in [0.25, 0.3) is 22.3 Å². The first-order valence-corrected chi connectivity index (χ1v) is 11.3. The largest absolute Gasteiger partial charge is 0.304 e. The summed E-state index contributed by atoms with van der Waals surface area (Å²) < 4.78 is 3.92. The number of rotatable bonds is 4. The third-order valence-electron chi connectivity index (χ3n) is 2.99. The number of halogens is 2. The van der Waals surface area contributed by atoms with Gasteiger partial charge in [-0.2, -0.15) is 10.4 Å². The first-order chi connectivity index (χ1) is 10.2. The second kappa shape index (κ2) is 6.54. The molecule has 6 nitrogen and oxygen atoms in total. The summed E-state index contributed by atoms with van der Waals surface area (Å²) in [6.07, 6.45) is 8.35. The number of nitriles is 1. The molecule has 0 N–H and O–H groups in total. The Labute approximate surface area is 149 Å². The van der Waals surface area contributed by atoms with Crippen molar-refractivity contribution in [1.82, 2.24) is 24.1 Å². The molecular formula is C12H9I2N6P. The minimum absolute atomic E-state index is 0.0269. The van der Waals surface area contributed by atoms with E-state index < -0.39 is 0 Å². The summed E-state index contributed by atoms with van der Waals surface area (Å²) in [5.74, 6) is 0. The molecule has 21 heavy (non-hydrogen) atoms. The van der Waals surface area contributed by atoms with Crippen LogP contribution in [0.1, 0.15) is 10.5 Å². The lowest BCUT2D eigenvalue weighted by atomic mass is 10.2. The van der Waals surface area contributed by atoms with E-state index in [1.807, 2.05) is 18.5 Å². The van der Waals surface area contributed by atoms with Gasteiger partial charge in [0.1, 0.15) is 16.0 Å². The molecule has 0 amide bonds. The third-order valence-corrected chi connectivity index (χ3v) is 6.11. The Morgan fingerprint density at radius 3 is 3.05 bits per heavy atom. The lowest BCUT2D eigenvalue weighted by Gasteiger charge is -2.04. The van der Waals surface area contributed by atoms with Crippen molar-refractivity contribution < 1.29 is 0 Å². The van der Waals surface area contributed by atoms with Crippen LogP contribution in [0.5, 0.6) is 0 Å². The lowest BCUT2D eigenvalue weighted by Crippen LogP contribution is -2.00. The average molecular weight is 522 g/mol. The van der Waals surface area contributed by atoms with Crippen molar-refractivity contribution in [1.29, 1.82) is 5.26 Å². The van der Waals surface area contributed by atoms with Gasteiger partial charge in [-0.25, -0.2) is 9.97 Å². The fourth-order valence-electron chi connectivity index (χ4n) is 2.03. The van der Waals surface area contributed by atoms with Crippen LogP contribution in [0.3, 0.4) is 0 Å². The van der Waals surface area contributed by atoms with E-state index in [0.29, 0.717) is 12.8 Å². The number of hydrogen-bond acceptors (Lipinski definition) is 4. The Bertz CT molecular complexity index is 821. The molecular weight excluding hydrogens is 513 g/mol. The van der Waals surface area contributed by atoms with Gasteiger partial charge >= 0.3 is 0 Å². The van der Waals surface area contributed by atoms with Gasteiger partial charge in [0.25, 0.3) is 0 Å². The molecule has 0 saturated carbocycles. The van der Waals surface area contributed by atoms with E-state index in [1.54, 1.807) is 17.2 Å². The van der Waals surface area contributed by atoms with Crippen molar-refractivity contribution in [2.24, 2.45) is 0 Å². The van der Waals surface area contributed by atoms with Crippen LogP contribution in [0.15, 0.2) is 31.0 Å². The van der Waals surface area contributed by atoms with Crippen molar-refractivity contribution >= 4 is 62.0 Å². The second-order valence-corrected chi connectivity index (χ2v) is 7.77. The highest BCUT2D eigenvalue weighted by molar-refractivity contribution is 14.2. The van der Waals surface area contributed by atoms with Gasteiger partial charge in [0.2, 0.25) is 0 Å². The van der Waals surface area contributed by atoms with Gasteiger partial charge in [0, 0.05) is 29.7 Å². The van der Waals surface area contributed by atoms with Crippen LogP contribution in [0.2, 0.25) is 0 Å². The van der Waals surface area contributed by atoms with Crippen LogP contribution < -0.4 is 0 Å². The van der Waals surface area contributed by atoms with Gasteiger partial charge in [-0.1, -0.05) is 22.6 Å². The van der Waals surface area contributed by atoms with Gasteiger partial charge in [0.15, 0.2) is 0 Å². The molecule has 0 radical (unpaired) electrons. The first-order valence-electron chi connectivity index (χ1n) is 5.99. The molecule has 0 aliphatic carbocycles. The van der Waals surface area contributed by atoms with Crippen LogP contribution in [0.4, 0.5) is 0 Å². The van der Waals surface area contributed by atoms with E-state index in [4.69, 9.17) is 5.26 Å². The highest BCUT2D eigenvalue weighted by Crippen LogP contribution is 2.33. The van der Waals surface area contributed by atoms with Crippen LogP contribution in [0, 0.1) is 11.3 Å². The highest BCUT2D eigenvalue weighted by Gasteiger charge is 2.13. The summed E-state index contributed by atoms with van der Waals surface area (Å²) in [5.41, 5.74) is 2.75. The lowest BCUT2D eigenvalue weighted by molar-refractivity contribution is 0.633. The van der Waals surface area contributed by atoms with Gasteiger partial charge in [-0.3, -0.25) is 4.68 Å². The molecule has 0 spiro atoms. The van der Waals surface area contributed by atoms with E-state index in [2.05, 4.69) is 70.1 Å². The molecule has 0 fully saturated rings. The monoisotopic (exact) mass is 522 g/mol. The Morgan fingerprint density at radius 1 is 1.43 bits per heavy atom. The minimum atomic E-state index is 0.0269. The van der Waals surface area contributed by atoms with Gasteiger partial charge in [0.05, 0.1) is 24.4 Å². The molecule has 3 rings (SSSR count). The third kappa shape index (κ3) is 2.91. The maximum absolute atomic E-state index is 8.77. The van der Waals surface area contributed by atoms with Crippen LogP contribution >= 0.6 is 51.0 Å². The number of hydrogen-bond donors (Lipinski definition) is 0. The molecule has 0 saturated heterocycles. The Balaban J connectivity index is 2.05. The SMILES string of the molecule is N#CCC(I)n1cc(-c2ncnc3c2ccn3PI)cn1. The summed E-state index contributed by atoms with van der Waals surface area (Å²) in [4.78, 5) is 8.75. The average Bonchev–Trinajstić information content (AvgIpc) is 3.14. The minimum Gasteiger partial charge on any atom is -0.304 e. The molecule has 2 atom stereocenters. The van der Waals surface area contributed by atoms with E-state index in [9.17, 15) is 0 Å². The van der Waals surface area contributed by atoms with Crippen molar-refractivity contribution in [2.75, 3.05) is 0 Å². The Kier molecular flexibility index (Phi) is 4.71. The van der Waals surface area contributed by atoms with E-state index >= 15 is 0 Å². The maximum Gasteiger partial charge on any atom is 0.147 e. The summed E-state index contributed by atoms with van der Waals surface area (Å²) >= 11 is 4.54. The van der Waals surface area contributed by atoms with Crippen LogP contribution in [-0.2, 0) is 0 Å². The fourth-order valence-corrected chi connectivity index (χ4v) is 4.09. The highest BCUT2D eigenvalue weighted by atomic mass is 127. The number of aromatic nitrogens is 5. The number of fused-ring (bicyclic) bond motifs is 1. The molecule has 3 aromatic heterocycles. The summed E-state index contributed by atoms with van der Waals surface area (Å²) in [6, 6.07) is 4.19. The van der Waals surface area contributed by atoms with Gasteiger partial charge < -0.3 is 4.34 Å². The molecule has 9 heteroatoms. The molecule has 3 aromatic rings. The van der Waals surface area contributed by atoms with Crippen molar-refractivity contribution in [3.05, 3.63) is 31.0 Å². The van der Waals surface area contributed by atoms with Crippen LogP contribution in [-0.4, -0.2) is 24.1 Å². The molecule has 0 bridgehead atoms. The topological polar surface area (TPSA) is 72.3 Å². The Morgan fingerprint density at radius 2 is 2.29 bits per heavy atom. The smallest absolute Gasteiger partial charge is 0.147 e. The first kappa shape index (κ1) is 15.1. The standard InChI is InChI=1S/C12H9I2N6P/c13-10(1-3-15)19-6-8(5-18-19)11-9-2-4-20(21-14)12(9)17-7-16-11/h2,4-7,10,21H,1H2. The van der Waals surface area contributed by atoms with Crippen molar-refractivity contribution in [3.63, 3.8) is 0 Å². The summed E-state index contributed by atoms with van der Waals surface area (Å²) in [5, 5.41) is 14.1. The molecule has 2 unspecified atom stereocenters.